The molecule has 0 aliphatic carbocycles. The number of piperidine rings is 1. The van der Waals surface area contributed by atoms with Crippen molar-refractivity contribution in [3.8, 4) is 17.1 Å². The first-order valence-corrected chi connectivity index (χ1v) is 11.0. The van der Waals surface area contributed by atoms with Crippen molar-refractivity contribution in [2.75, 3.05) is 18.0 Å². The van der Waals surface area contributed by atoms with Crippen LogP contribution in [0.25, 0.3) is 17.1 Å². The molecule has 0 unspecified atom stereocenters. The van der Waals surface area contributed by atoms with E-state index in [1.165, 1.54) is 18.2 Å². The standard InChI is InChI=1S/C25H22F3N5O/c26-25(27,28)18-5-4-8-21(17-18)31-14-10-19(11-15-31)32-16-12-23(34)24(30-32)22-9-13-29-33(22)20-6-2-1-3-7-20/h1-9,12-13,16-17,19H,10-11,14-15H2. The van der Waals surface area contributed by atoms with Crippen LogP contribution in [0.3, 0.4) is 0 Å². The molecule has 4 aromatic rings. The fourth-order valence-electron chi connectivity index (χ4n) is 4.33. The Balaban J connectivity index is 1.36. The van der Waals surface area contributed by atoms with Crippen molar-refractivity contribution in [2.45, 2.75) is 25.1 Å². The van der Waals surface area contributed by atoms with Gasteiger partial charge in [-0.15, -0.1) is 0 Å². The van der Waals surface area contributed by atoms with Gasteiger partial charge in [0.15, 0.2) is 5.69 Å². The van der Waals surface area contributed by atoms with Gasteiger partial charge in [0.05, 0.1) is 29.2 Å². The van der Waals surface area contributed by atoms with E-state index in [1.54, 1.807) is 33.9 Å². The molecule has 6 nitrogen and oxygen atoms in total. The van der Waals surface area contributed by atoms with Gasteiger partial charge in [0.2, 0.25) is 5.43 Å². The lowest BCUT2D eigenvalue weighted by Gasteiger charge is -2.34. The number of rotatable bonds is 4. The molecule has 0 saturated carbocycles. The van der Waals surface area contributed by atoms with Gasteiger partial charge in [0.1, 0.15) is 0 Å². The minimum absolute atomic E-state index is 0.0366. The number of benzene rings is 2. The van der Waals surface area contributed by atoms with Crippen LogP contribution in [0.4, 0.5) is 18.9 Å². The molecule has 0 atom stereocenters. The van der Waals surface area contributed by atoms with E-state index in [0.29, 0.717) is 43.0 Å². The molecular weight excluding hydrogens is 443 g/mol. The fourth-order valence-corrected chi connectivity index (χ4v) is 4.33. The summed E-state index contributed by atoms with van der Waals surface area (Å²) >= 11 is 0. The van der Waals surface area contributed by atoms with E-state index >= 15 is 0 Å². The van der Waals surface area contributed by atoms with Crippen LogP contribution in [0.15, 0.2) is 83.9 Å². The SMILES string of the molecule is O=c1ccn(C2CCN(c3cccc(C(F)(F)F)c3)CC2)nc1-c1ccnn1-c1ccccc1. The Morgan fingerprint density at radius 2 is 1.62 bits per heavy atom. The normalized spacial score (nSPS) is 15.0. The van der Waals surface area contributed by atoms with Crippen LogP contribution in [-0.4, -0.2) is 32.7 Å². The average Bonchev–Trinajstić information content (AvgIpc) is 3.34. The summed E-state index contributed by atoms with van der Waals surface area (Å²) in [5, 5.41) is 9.00. The second kappa shape index (κ2) is 8.81. The van der Waals surface area contributed by atoms with Gasteiger partial charge in [-0.3, -0.25) is 9.48 Å². The Morgan fingerprint density at radius 1 is 0.882 bits per heavy atom. The zero-order valence-corrected chi connectivity index (χ0v) is 18.2. The lowest BCUT2D eigenvalue weighted by Crippen LogP contribution is -2.35. The molecule has 9 heteroatoms. The summed E-state index contributed by atoms with van der Waals surface area (Å²) in [4.78, 5) is 14.6. The Labute approximate surface area is 193 Å². The fraction of sp³-hybridized carbons (Fsp3) is 0.240. The number of halogens is 3. The number of anilines is 1. The minimum Gasteiger partial charge on any atom is -0.371 e. The summed E-state index contributed by atoms with van der Waals surface area (Å²) in [5.74, 6) is 0. The van der Waals surface area contributed by atoms with Crippen LogP contribution in [0.1, 0.15) is 24.4 Å². The highest BCUT2D eigenvalue weighted by atomic mass is 19.4. The lowest BCUT2D eigenvalue weighted by molar-refractivity contribution is -0.137. The van der Waals surface area contributed by atoms with Crippen molar-refractivity contribution in [1.82, 2.24) is 19.6 Å². The van der Waals surface area contributed by atoms with E-state index in [1.807, 2.05) is 35.2 Å². The smallest absolute Gasteiger partial charge is 0.371 e. The predicted molar refractivity (Wildman–Crippen MR) is 123 cm³/mol. The summed E-state index contributed by atoms with van der Waals surface area (Å²) in [6.07, 6.45) is 0.345. The van der Waals surface area contributed by atoms with Gasteiger partial charge in [0, 0.05) is 31.0 Å². The van der Waals surface area contributed by atoms with E-state index < -0.39 is 11.7 Å². The summed E-state index contributed by atoms with van der Waals surface area (Å²) < 4.78 is 42.7. The molecule has 1 fully saturated rings. The molecular formula is C25H22F3N5O. The molecule has 3 heterocycles. The number of hydrogen-bond donors (Lipinski definition) is 0. The predicted octanol–water partition coefficient (Wildman–Crippen LogP) is 4.96. The Morgan fingerprint density at radius 3 is 2.35 bits per heavy atom. The van der Waals surface area contributed by atoms with Crippen LogP contribution < -0.4 is 10.3 Å². The third kappa shape index (κ3) is 4.33. The zero-order valence-electron chi connectivity index (χ0n) is 18.2. The quantitative estimate of drug-likeness (QED) is 0.428. The third-order valence-corrected chi connectivity index (χ3v) is 6.09. The van der Waals surface area contributed by atoms with E-state index in [9.17, 15) is 18.0 Å². The Kier molecular flexibility index (Phi) is 5.69. The molecule has 0 radical (unpaired) electrons. The number of hydrogen-bond acceptors (Lipinski definition) is 4. The van der Waals surface area contributed by atoms with E-state index in [4.69, 9.17) is 0 Å². The van der Waals surface area contributed by atoms with Gasteiger partial charge in [-0.2, -0.15) is 23.4 Å². The van der Waals surface area contributed by atoms with Crippen molar-refractivity contribution >= 4 is 5.69 Å². The third-order valence-electron chi connectivity index (χ3n) is 6.09. The van der Waals surface area contributed by atoms with Crippen molar-refractivity contribution in [1.29, 1.82) is 0 Å². The van der Waals surface area contributed by atoms with Crippen LogP contribution in [0, 0.1) is 0 Å². The molecule has 2 aromatic heterocycles. The molecule has 0 amide bonds. The van der Waals surface area contributed by atoms with Crippen LogP contribution >= 0.6 is 0 Å². The molecule has 34 heavy (non-hydrogen) atoms. The van der Waals surface area contributed by atoms with E-state index in [2.05, 4.69) is 10.2 Å². The minimum atomic E-state index is -4.36. The van der Waals surface area contributed by atoms with Gasteiger partial charge >= 0.3 is 6.18 Å². The monoisotopic (exact) mass is 465 g/mol. The van der Waals surface area contributed by atoms with Crippen molar-refractivity contribution < 1.29 is 13.2 Å². The second-order valence-electron chi connectivity index (χ2n) is 8.24. The molecule has 5 rings (SSSR count). The van der Waals surface area contributed by atoms with Gasteiger partial charge in [-0.25, -0.2) is 4.68 Å². The first-order chi connectivity index (χ1) is 16.4. The van der Waals surface area contributed by atoms with Crippen molar-refractivity contribution in [2.24, 2.45) is 0 Å². The molecule has 1 aliphatic rings. The molecule has 2 aromatic carbocycles. The topological polar surface area (TPSA) is 56.0 Å². The maximum Gasteiger partial charge on any atom is 0.416 e. The highest BCUT2D eigenvalue weighted by molar-refractivity contribution is 5.57. The van der Waals surface area contributed by atoms with Gasteiger partial charge < -0.3 is 4.90 Å². The van der Waals surface area contributed by atoms with Gasteiger partial charge in [0.25, 0.3) is 0 Å². The number of para-hydroxylation sites is 1. The first kappa shape index (κ1) is 21.9. The highest BCUT2D eigenvalue weighted by Gasteiger charge is 2.31. The van der Waals surface area contributed by atoms with Crippen LogP contribution in [-0.2, 0) is 6.18 Å². The summed E-state index contributed by atoms with van der Waals surface area (Å²) in [6.45, 7) is 1.19. The van der Waals surface area contributed by atoms with E-state index in [0.717, 1.165) is 11.8 Å². The van der Waals surface area contributed by atoms with Crippen molar-refractivity contribution in [3.63, 3.8) is 0 Å². The molecule has 1 aliphatic heterocycles. The molecule has 0 spiro atoms. The highest BCUT2D eigenvalue weighted by Crippen LogP contribution is 2.33. The zero-order chi connectivity index (χ0) is 23.7. The van der Waals surface area contributed by atoms with Gasteiger partial charge in [-0.05, 0) is 49.2 Å². The Hall–Kier alpha value is -3.88. The largest absolute Gasteiger partial charge is 0.416 e. The van der Waals surface area contributed by atoms with Crippen LogP contribution in [0.5, 0.6) is 0 Å². The van der Waals surface area contributed by atoms with Crippen LogP contribution in [0.2, 0.25) is 0 Å². The first-order valence-electron chi connectivity index (χ1n) is 11.0. The summed E-state index contributed by atoms with van der Waals surface area (Å²) in [7, 11) is 0. The molecule has 0 N–H and O–H groups in total. The van der Waals surface area contributed by atoms with E-state index in [-0.39, 0.29) is 11.5 Å². The summed E-state index contributed by atoms with van der Waals surface area (Å²) in [6, 6.07) is 18.2. The van der Waals surface area contributed by atoms with Crippen molar-refractivity contribution in [3.05, 3.63) is 94.9 Å². The lowest BCUT2D eigenvalue weighted by atomic mass is 10.0. The molecule has 0 bridgehead atoms. The average molecular weight is 465 g/mol. The van der Waals surface area contributed by atoms with Gasteiger partial charge in [-0.1, -0.05) is 24.3 Å². The number of alkyl halides is 3. The maximum atomic E-state index is 13.1. The number of nitrogens with zero attached hydrogens (tertiary/aromatic N) is 5. The maximum absolute atomic E-state index is 13.1. The molecule has 1 saturated heterocycles. The summed E-state index contributed by atoms with van der Waals surface area (Å²) in [5.41, 5.74) is 1.46. The number of aromatic nitrogens is 4. The second-order valence-corrected chi connectivity index (χ2v) is 8.24. The Bertz CT molecular complexity index is 1340. The molecule has 174 valence electrons.